The van der Waals surface area contributed by atoms with Crippen LogP contribution in [0.25, 0.3) is 0 Å². The first-order chi connectivity index (χ1) is 8.61. The molecule has 2 unspecified atom stereocenters. The number of ether oxygens (including phenoxy) is 1. The summed E-state index contributed by atoms with van der Waals surface area (Å²) in [5.74, 6) is 0.893. The highest BCUT2D eigenvalue weighted by Crippen LogP contribution is 2.34. The van der Waals surface area contributed by atoms with E-state index in [1.807, 2.05) is 25.1 Å². The van der Waals surface area contributed by atoms with Crippen LogP contribution < -0.4 is 15.4 Å². The van der Waals surface area contributed by atoms with Gasteiger partial charge in [-0.2, -0.15) is 0 Å². The second-order valence-corrected chi connectivity index (χ2v) is 5.29. The van der Waals surface area contributed by atoms with Crippen LogP contribution in [-0.2, 0) is 4.79 Å². The summed E-state index contributed by atoms with van der Waals surface area (Å²) in [6, 6.07) is 5.90. The third-order valence-electron chi connectivity index (χ3n) is 3.10. The van der Waals surface area contributed by atoms with Gasteiger partial charge in [0.1, 0.15) is 5.75 Å². The van der Waals surface area contributed by atoms with Gasteiger partial charge in [0.05, 0.1) is 12.6 Å². The van der Waals surface area contributed by atoms with E-state index in [1.165, 1.54) is 0 Å². The minimum absolute atomic E-state index is 0.00182. The van der Waals surface area contributed by atoms with Crippen molar-refractivity contribution in [3.05, 3.63) is 28.2 Å². The van der Waals surface area contributed by atoms with Crippen LogP contribution in [0, 0.1) is 0 Å². The Labute approximate surface area is 115 Å². The molecule has 5 heteroatoms. The summed E-state index contributed by atoms with van der Waals surface area (Å²) in [5.41, 5.74) is 1.10. The Hall–Kier alpha value is -1.07. The van der Waals surface area contributed by atoms with Gasteiger partial charge in [-0.15, -0.1) is 0 Å². The van der Waals surface area contributed by atoms with Crippen LogP contribution in [0.5, 0.6) is 5.75 Å². The Kier molecular flexibility index (Phi) is 4.24. The van der Waals surface area contributed by atoms with Crippen molar-refractivity contribution in [2.24, 2.45) is 0 Å². The molecule has 0 radical (unpaired) electrons. The average Bonchev–Trinajstić information content (AvgIpc) is 2.38. The highest BCUT2D eigenvalue weighted by molar-refractivity contribution is 9.10. The lowest BCUT2D eigenvalue weighted by atomic mass is 10.00. The lowest BCUT2D eigenvalue weighted by Gasteiger charge is -2.29. The molecule has 2 rings (SSSR count). The fourth-order valence-electron chi connectivity index (χ4n) is 2.13. The molecule has 0 aliphatic carbocycles. The third kappa shape index (κ3) is 2.84. The Bertz CT molecular complexity index is 451. The molecule has 18 heavy (non-hydrogen) atoms. The lowest BCUT2D eigenvalue weighted by Crippen LogP contribution is -2.43. The first-order valence-corrected chi connectivity index (χ1v) is 6.81. The number of fused-ring (bicyclic) bond motifs is 1. The van der Waals surface area contributed by atoms with Crippen molar-refractivity contribution >= 4 is 21.8 Å². The van der Waals surface area contributed by atoms with E-state index in [0.717, 1.165) is 22.2 Å². The maximum atomic E-state index is 11.6. The molecule has 98 valence electrons. The van der Waals surface area contributed by atoms with Gasteiger partial charge in [-0.1, -0.05) is 15.9 Å². The summed E-state index contributed by atoms with van der Waals surface area (Å²) < 4.78 is 6.64. The first kappa shape index (κ1) is 13.4. The van der Waals surface area contributed by atoms with Gasteiger partial charge in [0.2, 0.25) is 5.91 Å². The molecule has 1 heterocycles. The van der Waals surface area contributed by atoms with Crippen LogP contribution in [-0.4, -0.2) is 25.6 Å². The second kappa shape index (κ2) is 5.71. The summed E-state index contributed by atoms with van der Waals surface area (Å²) in [7, 11) is 1.65. The fourth-order valence-corrected chi connectivity index (χ4v) is 2.51. The van der Waals surface area contributed by atoms with Crippen molar-refractivity contribution in [2.75, 3.05) is 13.7 Å². The van der Waals surface area contributed by atoms with E-state index in [4.69, 9.17) is 4.74 Å². The van der Waals surface area contributed by atoms with Gasteiger partial charge < -0.3 is 10.1 Å². The van der Waals surface area contributed by atoms with Crippen molar-refractivity contribution in [1.82, 2.24) is 10.6 Å². The zero-order valence-corrected chi connectivity index (χ0v) is 12.1. The summed E-state index contributed by atoms with van der Waals surface area (Å²) >= 11 is 3.46. The standard InChI is InChI=1S/C13H17BrN2O2/c1-8(13(17)15-2)16-11-5-6-18-12-4-3-9(14)7-10(11)12/h3-4,7-8,11,16H,5-6H2,1-2H3,(H,15,17). The monoisotopic (exact) mass is 312 g/mol. The van der Waals surface area contributed by atoms with E-state index in [0.29, 0.717) is 6.61 Å². The minimum Gasteiger partial charge on any atom is -0.493 e. The number of amides is 1. The molecule has 1 amide bonds. The molecule has 1 aliphatic heterocycles. The van der Waals surface area contributed by atoms with Gasteiger partial charge in [0.15, 0.2) is 0 Å². The first-order valence-electron chi connectivity index (χ1n) is 6.01. The Morgan fingerprint density at radius 3 is 3.06 bits per heavy atom. The maximum Gasteiger partial charge on any atom is 0.236 e. The zero-order chi connectivity index (χ0) is 13.1. The van der Waals surface area contributed by atoms with E-state index in [1.54, 1.807) is 7.05 Å². The van der Waals surface area contributed by atoms with Crippen molar-refractivity contribution in [1.29, 1.82) is 0 Å². The lowest BCUT2D eigenvalue weighted by molar-refractivity contribution is -0.122. The van der Waals surface area contributed by atoms with Crippen molar-refractivity contribution in [3.63, 3.8) is 0 Å². The van der Waals surface area contributed by atoms with Crippen LogP contribution in [0.3, 0.4) is 0 Å². The quantitative estimate of drug-likeness (QED) is 0.897. The van der Waals surface area contributed by atoms with E-state index >= 15 is 0 Å². The number of hydrogen-bond acceptors (Lipinski definition) is 3. The second-order valence-electron chi connectivity index (χ2n) is 4.37. The number of benzene rings is 1. The van der Waals surface area contributed by atoms with Crippen LogP contribution in [0.2, 0.25) is 0 Å². The van der Waals surface area contributed by atoms with Crippen LogP contribution in [0.4, 0.5) is 0 Å². The minimum atomic E-state index is -0.218. The largest absolute Gasteiger partial charge is 0.493 e. The number of carbonyl (C=O) groups is 1. The predicted molar refractivity (Wildman–Crippen MR) is 73.7 cm³/mol. The summed E-state index contributed by atoms with van der Waals surface area (Å²) in [4.78, 5) is 11.6. The number of hydrogen-bond donors (Lipinski definition) is 2. The number of likely N-dealkylation sites (N-methyl/N-ethyl adjacent to an activating group) is 1. The van der Waals surface area contributed by atoms with E-state index in [2.05, 4.69) is 26.6 Å². The van der Waals surface area contributed by atoms with Crippen molar-refractivity contribution in [3.8, 4) is 5.75 Å². The van der Waals surface area contributed by atoms with Crippen LogP contribution in [0.1, 0.15) is 24.9 Å². The molecule has 2 atom stereocenters. The molecule has 0 saturated carbocycles. The number of halogens is 1. The molecular formula is C13H17BrN2O2. The molecule has 0 aromatic heterocycles. The average molecular weight is 313 g/mol. The fraction of sp³-hybridized carbons (Fsp3) is 0.462. The molecule has 0 spiro atoms. The maximum absolute atomic E-state index is 11.6. The van der Waals surface area contributed by atoms with Gasteiger partial charge in [0, 0.05) is 29.5 Å². The molecular weight excluding hydrogens is 296 g/mol. The molecule has 1 aromatic carbocycles. The molecule has 2 N–H and O–H groups in total. The van der Waals surface area contributed by atoms with Gasteiger partial charge >= 0.3 is 0 Å². The topological polar surface area (TPSA) is 50.4 Å². The predicted octanol–water partition coefficient (Wildman–Crippen LogP) is 2.00. The molecule has 1 aromatic rings. The Balaban J connectivity index is 2.17. The zero-order valence-electron chi connectivity index (χ0n) is 10.5. The summed E-state index contributed by atoms with van der Waals surface area (Å²) in [6.45, 7) is 2.54. The van der Waals surface area contributed by atoms with E-state index in [9.17, 15) is 4.79 Å². The van der Waals surface area contributed by atoms with Gasteiger partial charge in [-0.05, 0) is 25.1 Å². The molecule has 1 aliphatic rings. The van der Waals surface area contributed by atoms with E-state index < -0.39 is 0 Å². The number of carbonyl (C=O) groups excluding carboxylic acids is 1. The van der Waals surface area contributed by atoms with E-state index in [-0.39, 0.29) is 18.0 Å². The van der Waals surface area contributed by atoms with Gasteiger partial charge in [-0.25, -0.2) is 0 Å². The smallest absolute Gasteiger partial charge is 0.236 e. The number of rotatable bonds is 3. The van der Waals surface area contributed by atoms with Crippen molar-refractivity contribution < 1.29 is 9.53 Å². The van der Waals surface area contributed by atoms with Gasteiger partial charge in [-0.3, -0.25) is 10.1 Å². The molecule has 0 saturated heterocycles. The normalized spacial score (nSPS) is 19.6. The third-order valence-corrected chi connectivity index (χ3v) is 3.60. The number of nitrogens with one attached hydrogen (secondary N) is 2. The SMILES string of the molecule is CNC(=O)C(C)NC1CCOc2ccc(Br)cc21. The summed E-state index contributed by atoms with van der Waals surface area (Å²) in [6.07, 6.45) is 0.866. The highest BCUT2D eigenvalue weighted by Gasteiger charge is 2.24. The van der Waals surface area contributed by atoms with Crippen LogP contribution >= 0.6 is 15.9 Å². The van der Waals surface area contributed by atoms with Crippen molar-refractivity contribution in [2.45, 2.75) is 25.4 Å². The molecule has 4 nitrogen and oxygen atoms in total. The van der Waals surface area contributed by atoms with Crippen LogP contribution in [0.15, 0.2) is 22.7 Å². The highest BCUT2D eigenvalue weighted by atomic mass is 79.9. The molecule has 0 fully saturated rings. The van der Waals surface area contributed by atoms with Gasteiger partial charge in [0.25, 0.3) is 0 Å². The Morgan fingerprint density at radius 2 is 2.33 bits per heavy atom. The Morgan fingerprint density at radius 1 is 1.56 bits per heavy atom. The summed E-state index contributed by atoms with van der Waals surface area (Å²) in [5, 5.41) is 5.99. The molecule has 0 bridgehead atoms.